The van der Waals surface area contributed by atoms with E-state index in [1.165, 1.54) is 11.8 Å². The van der Waals surface area contributed by atoms with E-state index in [2.05, 4.69) is 10.6 Å². The molecule has 3 amide bonds. The van der Waals surface area contributed by atoms with Crippen LogP contribution in [0.4, 0.5) is 0 Å². The molecule has 0 spiro atoms. The van der Waals surface area contributed by atoms with Crippen LogP contribution >= 0.6 is 0 Å². The van der Waals surface area contributed by atoms with Gasteiger partial charge in [0.2, 0.25) is 17.7 Å². The Kier molecular flexibility index (Phi) is 11.6. The van der Waals surface area contributed by atoms with Gasteiger partial charge in [0.25, 0.3) is 0 Å². The zero-order valence-electron chi connectivity index (χ0n) is 19.3. The lowest BCUT2D eigenvalue weighted by molar-refractivity contribution is -0.146. The van der Waals surface area contributed by atoms with Gasteiger partial charge >= 0.3 is 5.97 Å². The Morgan fingerprint density at radius 1 is 1.12 bits per heavy atom. The molecule has 1 aliphatic heterocycles. The highest BCUT2D eigenvalue weighted by atomic mass is 16.4. The van der Waals surface area contributed by atoms with Gasteiger partial charge in [0.1, 0.15) is 18.1 Å². The molecule has 1 saturated heterocycles. The van der Waals surface area contributed by atoms with Crippen molar-refractivity contribution in [2.75, 3.05) is 13.1 Å². The fourth-order valence-electron chi connectivity index (χ4n) is 3.76. The lowest BCUT2D eigenvalue weighted by atomic mass is 10.0. The predicted molar refractivity (Wildman–Crippen MR) is 118 cm³/mol. The Balaban J connectivity index is 2.86. The summed E-state index contributed by atoms with van der Waals surface area (Å²) in [6, 6.07) is -4.03. The summed E-state index contributed by atoms with van der Waals surface area (Å²) in [7, 11) is 0. The number of amides is 3. The Bertz CT molecular complexity index is 657. The summed E-state index contributed by atoms with van der Waals surface area (Å²) in [6.07, 6.45) is 1.55. The molecule has 11 heteroatoms. The first-order valence-electron chi connectivity index (χ1n) is 11.3. The third-order valence-corrected chi connectivity index (χ3v) is 5.51. The lowest BCUT2D eigenvalue weighted by Crippen LogP contribution is -2.59. The first-order valence-corrected chi connectivity index (χ1v) is 11.3. The minimum absolute atomic E-state index is 0.176. The molecular weight excluding hydrogens is 418 g/mol. The highest BCUT2D eigenvalue weighted by Crippen LogP contribution is 2.20. The van der Waals surface area contributed by atoms with Gasteiger partial charge in [0.15, 0.2) is 0 Å². The fourth-order valence-corrected chi connectivity index (χ4v) is 3.76. The third-order valence-electron chi connectivity index (χ3n) is 5.51. The van der Waals surface area contributed by atoms with Gasteiger partial charge in [-0.1, -0.05) is 13.8 Å². The number of carboxylic acids is 1. The van der Waals surface area contributed by atoms with Crippen LogP contribution in [0.5, 0.6) is 0 Å². The van der Waals surface area contributed by atoms with E-state index >= 15 is 0 Å². The van der Waals surface area contributed by atoms with Gasteiger partial charge in [-0.2, -0.15) is 0 Å². The van der Waals surface area contributed by atoms with Crippen LogP contribution in [-0.2, 0) is 19.2 Å². The summed E-state index contributed by atoms with van der Waals surface area (Å²) in [6.45, 7) is 5.90. The Morgan fingerprint density at radius 3 is 2.31 bits per heavy atom. The number of likely N-dealkylation sites (tertiary alicyclic amines) is 1. The van der Waals surface area contributed by atoms with Gasteiger partial charge < -0.3 is 37.2 Å². The van der Waals surface area contributed by atoms with Crippen molar-refractivity contribution < 1.29 is 29.4 Å². The van der Waals surface area contributed by atoms with Gasteiger partial charge in [-0.15, -0.1) is 0 Å². The SMILES string of the molecule is CC(C)CC(N)C(=O)NC(C(=O)N1CCCC1C(=O)NC(CCCCN)C(=O)O)C(C)O. The number of nitrogens with one attached hydrogen (secondary N) is 2. The molecule has 1 heterocycles. The summed E-state index contributed by atoms with van der Waals surface area (Å²) in [5, 5.41) is 24.5. The molecule has 1 fully saturated rings. The van der Waals surface area contributed by atoms with Crippen LogP contribution in [0, 0.1) is 5.92 Å². The first-order chi connectivity index (χ1) is 15.0. The van der Waals surface area contributed by atoms with Crippen LogP contribution in [0.3, 0.4) is 0 Å². The van der Waals surface area contributed by atoms with Crippen LogP contribution in [0.2, 0.25) is 0 Å². The number of hydrogen-bond donors (Lipinski definition) is 6. The molecule has 184 valence electrons. The first kappa shape index (κ1) is 27.8. The summed E-state index contributed by atoms with van der Waals surface area (Å²) in [5.74, 6) is -2.69. The topological polar surface area (TPSA) is 188 Å². The molecule has 0 bridgehead atoms. The molecule has 1 aliphatic rings. The molecule has 0 radical (unpaired) electrons. The predicted octanol–water partition coefficient (Wildman–Crippen LogP) is -1.09. The van der Waals surface area contributed by atoms with E-state index in [9.17, 15) is 29.4 Å². The average Bonchev–Trinajstić information content (AvgIpc) is 3.19. The molecule has 5 atom stereocenters. The minimum atomic E-state index is -1.26. The van der Waals surface area contributed by atoms with Crippen molar-refractivity contribution in [1.29, 1.82) is 0 Å². The number of rotatable bonds is 13. The van der Waals surface area contributed by atoms with Crippen LogP contribution in [-0.4, -0.2) is 82.2 Å². The number of aliphatic hydroxyl groups is 1. The second kappa shape index (κ2) is 13.3. The monoisotopic (exact) mass is 457 g/mol. The molecule has 32 heavy (non-hydrogen) atoms. The van der Waals surface area contributed by atoms with Crippen molar-refractivity contribution in [1.82, 2.24) is 15.5 Å². The van der Waals surface area contributed by atoms with Gasteiger partial charge in [0.05, 0.1) is 12.1 Å². The molecular formula is C21H39N5O6. The number of unbranched alkanes of at least 4 members (excludes halogenated alkanes) is 1. The normalized spacial score (nSPS) is 19.8. The Morgan fingerprint density at radius 2 is 1.78 bits per heavy atom. The van der Waals surface area contributed by atoms with Crippen molar-refractivity contribution in [2.45, 2.75) is 89.6 Å². The molecule has 0 aromatic carbocycles. The smallest absolute Gasteiger partial charge is 0.326 e. The van der Waals surface area contributed by atoms with E-state index in [-0.39, 0.29) is 18.9 Å². The number of nitrogens with zero attached hydrogens (tertiary/aromatic N) is 1. The Hall–Kier alpha value is -2.24. The number of carbonyl (C=O) groups excluding carboxylic acids is 3. The number of carbonyl (C=O) groups is 4. The number of hydrogen-bond acceptors (Lipinski definition) is 7. The lowest BCUT2D eigenvalue weighted by Gasteiger charge is -2.31. The second-order valence-corrected chi connectivity index (χ2v) is 8.84. The molecule has 8 N–H and O–H groups in total. The zero-order chi connectivity index (χ0) is 24.4. The van der Waals surface area contributed by atoms with E-state index in [4.69, 9.17) is 11.5 Å². The van der Waals surface area contributed by atoms with Gasteiger partial charge in [-0.3, -0.25) is 14.4 Å². The van der Waals surface area contributed by atoms with Gasteiger partial charge in [0, 0.05) is 6.54 Å². The summed E-state index contributed by atoms with van der Waals surface area (Å²) >= 11 is 0. The highest BCUT2D eigenvalue weighted by Gasteiger charge is 2.40. The minimum Gasteiger partial charge on any atom is -0.480 e. The van der Waals surface area contributed by atoms with E-state index in [1.54, 1.807) is 0 Å². The second-order valence-electron chi connectivity index (χ2n) is 8.84. The molecule has 0 aromatic rings. The summed E-state index contributed by atoms with van der Waals surface area (Å²) in [4.78, 5) is 51.1. The standard InChI is InChI=1S/C21H39N5O6/c1-12(2)11-14(23)18(28)25-17(13(3)27)20(30)26-10-6-8-16(26)19(29)24-15(21(31)32)7-4-5-9-22/h12-17,27H,4-11,22-23H2,1-3H3,(H,24,29)(H,25,28)(H,31,32). The van der Waals surface area contributed by atoms with E-state index in [1.807, 2.05) is 13.8 Å². The van der Waals surface area contributed by atoms with Crippen molar-refractivity contribution in [2.24, 2.45) is 17.4 Å². The van der Waals surface area contributed by atoms with E-state index in [0.29, 0.717) is 38.6 Å². The average molecular weight is 458 g/mol. The van der Waals surface area contributed by atoms with Crippen molar-refractivity contribution in [3.8, 4) is 0 Å². The van der Waals surface area contributed by atoms with Gasteiger partial charge in [-0.05, 0) is 57.9 Å². The van der Waals surface area contributed by atoms with Crippen molar-refractivity contribution in [3.63, 3.8) is 0 Å². The quantitative estimate of drug-likeness (QED) is 0.188. The van der Waals surface area contributed by atoms with Crippen LogP contribution < -0.4 is 22.1 Å². The summed E-state index contributed by atoms with van der Waals surface area (Å²) in [5.41, 5.74) is 11.3. The van der Waals surface area contributed by atoms with Crippen LogP contribution in [0.1, 0.15) is 59.3 Å². The maximum Gasteiger partial charge on any atom is 0.326 e. The number of aliphatic carboxylic acids is 1. The van der Waals surface area contributed by atoms with Crippen molar-refractivity contribution in [3.05, 3.63) is 0 Å². The zero-order valence-corrected chi connectivity index (χ0v) is 19.3. The van der Waals surface area contributed by atoms with Crippen molar-refractivity contribution >= 4 is 23.7 Å². The van der Waals surface area contributed by atoms with Crippen LogP contribution in [0.15, 0.2) is 0 Å². The maximum atomic E-state index is 13.1. The van der Waals surface area contributed by atoms with E-state index < -0.39 is 54.0 Å². The number of nitrogens with two attached hydrogens (primary N) is 2. The third kappa shape index (κ3) is 8.36. The number of carboxylic acid groups (broad SMARTS) is 1. The molecule has 1 rings (SSSR count). The number of aliphatic hydroxyl groups excluding tert-OH is 1. The molecule has 0 aromatic heterocycles. The largest absolute Gasteiger partial charge is 0.480 e. The van der Waals surface area contributed by atoms with Crippen LogP contribution in [0.25, 0.3) is 0 Å². The summed E-state index contributed by atoms with van der Waals surface area (Å²) < 4.78 is 0. The fraction of sp³-hybridized carbons (Fsp3) is 0.810. The molecule has 11 nitrogen and oxygen atoms in total. The highest BCUT2D eigenvalue weighted by molar-refractivity contribution is 5.94. The van der Waals surface area contributed by atoms with Gasteiger partial charge in [-0.25, -0.2) is 4.79 Å². The molecule has 0 saturated carbocycles. The molecule has 5 unspecified atom stereocenters. The maximum absolute atomic E-state index is 13.1. The Labute approximate surface area is 189 Å². The molecule has 0 aliphatic carbocycles. The van der Waals surface area contributed by atoms with E-state index in [0.717, 1.165) is 0 Å².